The molecule has 0 bridgehead atoms. The first-order valence-electron chi connectivity index (χ1n) is 5.09. The Kier molecular flexibility index (Phi) is 4.83. The molecular formula is C10H14ClF3N2S. The minimum absolute atomic E-state index is 0. The number of halogens is 4. The first kappa shape index (κ1) is 14.8. The van der Waals surface area contributed by atoms with Crippen LogP contribution in [0.3, 0.4) is 0 Å². The number of rotatable bonds is 2. The van der Waals surface area contributed by atoms with Crippen molar-refractivity contribution >= 4 is 23.7 Å². The molecule has 2 heterocycles. The third kappa shape index (κ3) is 3.84. The molecule has 2 rings (SSSR count). The lowest BCUT2D eigenvalue weighted by atomic mass is 10.3. The SMILES string of the molecule is Cl.NC1CCN(Cc2ccc(C(F)(F)F)s2)C1. The van der Waals surface area contributed by atoms with E-state index in [-0.39, 0.29) is 18.4 Å². The molecule has 0 aliphatic carbocycles. The van der Waals surface area contributed by atoms with E-state index in [2.05, 4.69) is 4.90 Å². The highest BCUT2D eigenvalue weighted by atomic mass is 35.5. The predicted octanol–water partition coefficient (Wildman–Crippen LogP) is 2.72. The third-order valence-electron chi connectivity index (χ3n) is 2.63. The summed E-state index contributed by atoms with van der Waals surface area (Å²) in [6.07, 6.45) is -3.29. The number of thiophene rings is 1. The lowest BCUT2D eigenvalue weighted by molar-refractivity contribution is -0.134. The van der Waals surface area contributed by atoms with Crippen molar-refractivity contribution in [1.29, 1.82) is 0 Å². The molecule has 1 aliphatic heterocycles. The van der Waals surface area contributed by atoms with E-state index in [1.165, 1.54) is 0 Å². The summed E-state index contributed by atoms with van der Waals surface area (Å²) in [6, 6.07) is 2.87. The van der Waals surface area contributed by atoms with Gasteiger partial charge in [-0.2, -0.15) is 13.2 Å². The molecule has 1 aromatic heterocycles. The van der Waals surface area contributed by atoms with E-state index in [0.717, 1.165) is 41.8 Å². The average molecular weight is 287 g/mol. The van der Waals surface area contributed by atoms with Gasteiger partial charge in [0.2, 0.25) is 0 Å². The summed E-state index contributed by atoms with van der Waals surface area (Å²) in [6.45, 7) is 2.23. The summed E-state index contributed by atoms with van der Waals surface area (Å²) in [7, 11) is 0. The van der Waals surface area contributed by atoms with E-state index >= 15 is 0 Å². The molecule has 2 nitrogen and oxygen atoms in total. The van der Waals surface area contributed by atoms with Gasteiger partial charge in [-0.15, -0.1) is 23.7 Å². The van der Waals surface area contributed by atoms with Crippen molar-refractivity contribution in [1.82, 2.24) is 4.90 Å². The third-order valence-corrected chi connectivity index (χ3v) is 3.74. The van der Waals surface area contributed by atoms with Gasteiger partial charge in [0.15, 0.2) is 0 Å². The van der Waals surface area contributed by atoms with Gasteiger partial charge in [-0.05, 0) is 18.6 Å². The Hall–Kier alpha value is -0.300. The van der Waals surface area contributed by atoms with Gasteiger partial charge in [-0.1, -0.05) is 0 Å². The average Bonchev–Trinajstić information content (AvgIpc) is 2.74. The van der Waals surface area contributed by atoms with Crippen LogP contribution in [0.5, 0.6) is 0 Å². The maximum Gasteiger partial charge on any atom is 0.425 e. The Bertz CT molecular complexity index is 367. The normalized spacial score (nSPS) is 21.5. The first-order chi connectivity index (χ1) is 7.45. The number of nitrogens with two attached hydrogens (primary N) is 1. The summed E-state index contributed by atoms with van der Waals surface area (Å²) >= 11 is 0.820. The number of likely N-dealkylation sites (tertiary alicyclic amines) is 1. The number of alkyl halides is 3. The smallest absolute Gasteiger partial charge is 0.326 e. The molecule has 0 aromatic carbocycles. The molecule has 0 amide bonds. The van der Waals surface area contributed by atoms with Crippen LogP contribution in [0.2, 0.25) is 0 Å². The van der Waals surface area contributed by atoms with Crippen LogP contribution in [-0.4, -0.2) is 24.0 Å². The molecule has 1 fully saturated rings. The Balaban J connectivity index is 0.00000144. The van der Waals surface area contributed by atoms with Gasteiger partial charge in [-0.25, -0.2) is 0 Å². The Labute approximate surface area is 108 Å². The van der Waals surface area contributed by atoms with Crippen LogP contribution in [0.25, 0.3) is 0 Å². The number of nitrogens with zero attached hydrogens (tertiary/aromatic N) is 1. The molecule has 1 atom stereocenters. The van der Waals surface area contributed by atoms with Crippen LogP contribution in [0, 0.1) is 0 Å². The van der Waals surface area contributed by atoms with Crippen LogP contribution < -0.4 is 5.73 Å². The van der Waals surface area contributed by atoms with Crippen molar-refractivity contribution in [2.24, 2.45) is 5.73 Å². The molecule has 0 saturated carbocycles. The van der Waals surface area contributed by atoms with E-state index in [9.17, 15) is 13.2 Å². The van der Waals surface area contributed by atoms with Crippen molar-refractivity contribution < 1.29 is 13.2 Å². The maximum atomic E-state index is 12.4. The summed E-state index contributed by atoms with van der Waals surface area (Å²) in [5, 5.41) is 0. The molecule has 0 spiro atoms. The van der Waals surface area contributed by atoms with Crippen molar-refractivity contribution in [3.05, 3.63) is 21.9 Å². The van der Waals surface area contributed by atoms with Gasteiger partial charge < -0.3 is 5.73 Å². The molecule has 0 radical (unpaired) electrons. The quantitative estimate of drug-likeness (QED) is 0.906. The van der Waals surface area contributed by atoms with Crippen LogP contribution in [-0.2, 0) is 12.7 Å². The zero-order valence-electron chi connectivity index (χ0n) is 9.04. The Morgan fingerprint density at radius 2 is 2.12 bits per heavy atom. The molecule has 2 N–H and O–H groups in total. The molecule has 1 unspecified atom stereocenters. The van der Waals surface area contributed by atoms with E-state index in [4.69, 9.17) is 5.73 Å². The predicted molar refractivity (Wildman–Crippen MR) is 64.4 cm³/mol. The van der Waals surface area contributed by atoms with E-state index in [1.807, 2.05) is 0 Å². The zero-order chi connectivity index (χ0) is 11.8. The highest BCUT2D eigenvalue weighted by molar-refractivity contribution is 7.12. The topological polar surface area (TPSA) is 29.3 Å². The molecule has 1 saturated heterocycles. The van der Waals surface area contributed by atoms with Crippen LogP contribution in [0.4, 0.5) is 13.2 Å². The van der Waals surface area contributed by atoms with Gasteiger partial charge in [-0.3, -0.25) is 4.90 Å². The fourth-order valence-corrected chi connectivity index (χ4v) is 2.76. The number of hydrogen-bond donors (Lipinski definition) is 1. The summed E-state index contributed by atoms with van der Waals surface area (Å²) in [5.74, 6) is 0. The largest absolute Gasteiger partial charge is 0.425 e. The molecule has 17 heavy (non-hydrogen) atoms. The fourth-order valence-electron chi connectivity index (χ4n) is 1.84. The molecule has 1 aliphatic rings. The molecule has 98 valence electrons. The fraction of sp³-hybridized carbons (Fsp3) is 0.600. The first-order valence-corrected chi connectivity index (χ1v) is 5.90. The van der Waals surface area contributed by atoms with Gasteiger partial charge in [0, 0.05) is 30.6 Å². The van der Waals surface area contributed by atoms with E-state index in [0.29, 0.717) is 6.54 Å². The second-order valence-electron chi connectivity index (χ2n) is 4.05. The Morgan fingerprint density at radius 1 is 1.41 bits per heavy atom. The van der Waals surface area contributed by atoms with Crippen LogP contribution in [0.15, 0.2) is 12.1 Å². The van der Waals surface area contributed by atoms with Crippen molar-refractivity contribution in [2.75, 3.05) is 13.1 Å². The standard InChI is InChI=1S/C10H13F3N2S.ClH/c11-10(12,13)9-2-1-8(16-9)6-15-4-3-7(14)5-15;/h1-2,7H,3-6,14H2;1H. The van der Waals surface area contributed by atoms with Crippen molar-refractivity contribution in [2.45, 2.75) is 25.2 Å². The van der Waals surface area contributed by atoms with Crippen molar-refractivity contribution in [3.63, 3.8) is 0 Å². The lowest BCUT2D eigenvalue weighted by Gasteiger charge is -2.13. The van der Waals surface area contributed by atoms with E-state index < -0.39 is 11.1 Å². The zero-order valence-corrected chi connectivity index (χ0v) is 10.7. The maximum absolute atomic E-state index is 12.4. The van der Waals surface area contributed by atoms with Gasteiger partial charge in [0.1, 0.15) is 4.88 Å². The lowest BCUT2D eigenvalue weighted by Crippen LogP contribution is -2.25. The van der Waals surface area contributed by atoms with Gasteiger partial charge >= 0.3 is 6.18 Å². The highest BCUT2D eigenvalue weighted by Crippen LogP contribution is 2.35. The van der Waals surface area contributed by atoms with Crippen molar-refractivity contribution in [3.8, 4) is 0 Å². The summed E-state index contributed by atoms with van der Waals surface area (Å²) in [5.41, 5.74) is 5.73. The molecule has 1 aromatic rings. The highest BCUT2D eigenvalue weighted by Gasteiger charge is 2.32. The summed E-state index contributed by atoms with van der Waals surface area (Å²) < 4.78 is 37.1. The summed E-state index contributed by atoms with van der Waals surface area (Å²) in [4.78, 5) is 2.32. The Morgan fingerprint density at radius 3 is 2.59 bits per heavy atom. The monoisotopic (exact) mass is 286 g/mol. The van der Waals surface area contributed by atoms with Crippen LogP contribution >= 0.6 is 23.7 Å². The van der Waals surface area contributed by atoms with Gasteiger partial charge in [0.25, 0.3) is 0 Å². The minimum atomic E-state index is -4.22. The van der Waals surface area contributed by atoms with E-state index in [1.54, 1.807) is 6.07 Å². The van der Waals surface area contributed by atoms with Gasteiger partial charge in [0.05, 0.1) is 0 Å². The number of hydrogen-bond acceptors (Lipinski definition) is 3. The second kappa shape index (κ2) is 5.56. The molecule has 7 heteroatoms. The van der Waals surface area contributed by atoms with Crippen LogP contribution in [0.1, 0.15) is 16.2 Å². The second-order valence-corrected chi connectivity index (χ2v) is 5.22. The minimum Gasteiger partial charge on any atom is -0.326 e. The molecular weight excluding hydrogens is 273 g/mol.